The van der Waals surface area contributed by atoms with E-state index in [2.05, 4.69) is 35.4 Å². The Bertz CT molecular complexity index is 1150. The van der Waals surface area contributed by atoms with Crippen LogP contribution < -0.4 is 15.5 Å². The average Bonchev–Trinajstić information content (AvgIpc) is 3.25. The number of aliphatic imine (C=N–C) groups is 1. The molecule has 7 nitrogen and oxygen atoms in total. The maximum Gasteiger partial charge on any atom is 0.321 e. The van der Waals surface area contributed by atoms with Crippen LogP contribution >= 0.6 is 0 Å². The number of carbonyl (C=O) groups is 2. The summed E-state index contributed by atoms with van der Waals surface area (Å²) in [6, 6.07) is 13.4. The van der Waals surface area contributed by atoms with Crippen molar-refractivity contribution in [3.05, 3.63) is 59.2 Å². The molecule has 2 aromatic rings. The molecule has 2 N–H and O–H groups in total. The minimum Gasteiger partial charge on any atom is -0.356 e. The van der Waals surface area contributed by atoms with Gasteiger partial charge in [0.05, 0.1) is 5.69 Å². The summed E-state index contributed by atoms with van der Waals surface area (Å²) in [4.78, 5) is 34.9. The zero-order valence-corrected chi connectivity index (χ0v) is 20.2. The molecule has 3 aliphatic rings. The SMILES string of the molecule is CN1C(=O)C(NC(=O)Nc2ccc3c(c2)CCC3)N=C(N2CCC(C)(C)CC2)c2ccccc21. The first kappa shape index (κ1) is 22.4. The molecule has 0 bridgehead atoms. The summed E-state index contributed by atoms with van der Waals surface area (Å²) in [5, 5.41) is 5.72. The number of hydrogen-bond acceptors (Lipinski definition) is 4. The zero-order valence-electron chi connectivity index (χ0n) is 20.2. The van der Waals surface area contributed by atoms with E-state index in [1.807, 2.05) is 36.4 Å². The number of nitrogens with zero attached hydrogens (tertiary/aromatic N) is 3. The van der Waals surface area contributed by atoms with Gasteiger partial charge in [-0.05, 0) is 72.9 Å². The highest BCUT2D eigenvalue weighted by molar-refractivity contribution is 6.12. The first-order valence-corrected chi connectivity index (χ1v) is 12.2. The van der Waals surface area contributed by atoms with Gasteiger partial charge in [0.2, 0.25) is 6.17 Å². The van der Waals surface area contributed by atoms with Crippen LogP contribution in [0, 0.1) is 5.41 Å². The first-order valence-electron chi connectivity index (χ1n) is 12.2. The number of urea groups is 1. The molecule has 1 aliphatic carbocycles. The van der Waals surface area contributed by atoms with E-state index in [1.54, 1.807) is 11.9 Å². The van der Waals surface area contributed by atoms with Gasteiger partial charge in [-0.1, -0.05) is 32.0 Å². The molecule has 5 rings (SSSR count). The predicted octanol–water partition coefficient (Wildman–Crippen LogP) is 4.17. The van der Waals surface area contributed by atoms with Crippen LogP contribution in [0.3, 0.4) is 0 Å². The number of carbonyl (C=O) groups excluding carboxylic acids is 2. The molecule has 1 saturated heterocycles. The second-order valence-corrected chi connectivity index (χ2v) is 10.4. The quantitative estimate of drug-likeness (QED) is 0.708. The minimum absolute atomic E-state index is 0.260. The molecule has 1 fully saturated rings. The molecule has 3 amide bonds. The second-order valence-electron chi connectivity index (χ2n) is 10.4. The lowest BCUT2D eigenvalue weighted by Crippen LogP contribution is -2.48. The number of anilines is 2. The van der Waals surface area contributed by atoms with Crippen LogP contribution in [0.5, 0.6) is 0 Å². The van der Waals surface area contributed by atoms with Crippen molar-refractivity contribution < 1.29 is 9.59 Å². The van der Waals surface area contributed by atoms with E-state index in [0.717, 1.165) is 68.0 Å². The summed E-state index contributed by atoms with van der Waals surface area (Å²) in [7, 11) is 1.74. The molecule has 1 unspecified atom stereocenters. The van der Waals surface area contributed by atoms with Crippen molar-refractivity contribution in [2.45, 2.75) is 52.1 Å². The summed E-state index contributed by atoms with van der Waals surface area (Å²) >= 11 is 0. The third kappa shape index (κ3) is 4.39. The number of piperidine rings is 1. The van der Waals surface area contributed by atoms with E-state index in [0.29, 0.717) is 5.41 Å². The van der Waals surface area contributed by atoms with E-state index in [-0.39, 0.29) is 5.91 Å². The lowest BCUT2D eigenvalue weighted by atomic mass is 9.82. The Kier molecular flexibility index (Phi) is 5.80. The van der Waals surface area contributed by atoms with Crippen LogP contribution in [0.4, 0.5) is 16.2 Å². The number of amides is 3. The monoisotopic (exact) mass is 459 g/mol. The van der Waals surface area contributed by atoms with Crippen molar-refractivity contribution in [3.63, 3.8) is 0 Å². The average molecular weight is 460 g/mol. The van der Waals surface area contributed by atoms with Gasteiger partial charge in [-0.3, -0.25) is 4.79 Å². The Hall–Kier alpha value is -3.35. The molecule has 2 aliphatic heterocycles. The Balaban J connectivity index is 1.40. The van der Waals surface area contributed by atoms with Gasteiger partial charge in [0.25, 0.3) is 5.91 Å². The van der Waals surface area contributed by atoms with E-state index < -0.39 is 12.2 Å². The van der Waals surface area contributed by atoms with Gasteiger partial charge in [0.15, 0.2) is 0 Å². The van der Waals surface area contributed by atoms with Crippen LogP contribution in [-0.4, -0.2) is 49.0 Å². The number of rotatable bonds is 2. The number of aryl methyl sites for hydroxylation is 2. The van der Waals surface area contributed by atoms with E-state index >= 15 is 0 Å². The Morgan fingerprint density at radius 1 is 1.06 bits per heavy atom. The van der Waals surface area contributed by atoms with Crippen molar-refractivity contribution >= 4 is 29.1 Å². The first-order chi connectivity index (χ1) is 16.3. The molecule has 0 aromatic heterocycles. The number of hydrogen-bond donors (Lipinski definition) is 2. The van der Waals surface area contributed by atoms with Crippen molar-refractivity contribution in [1.29, 1.82) is 0 Å². The smallest absolute Gasteiger partial charge is 0.321 e. The van der Waals surface area contributed by atoms with Crippen LogP contribution in [-0.2, 0) is 17.6 Å². The number of amidine groups is 1. The standard InChI is InChI=1S/C27H33N5O2/c1-27(2)13-15-32(16-14-27)24-21-9-4-5-10-22(21)31(3)25(33)23(29-24)30-26(34)28-20-12-11-18-7-6-8-19(18)17-20/h4-5,9-12,17,23H,6-8,13-16H2,1-3H3,(H2,28,30,34). The largest absolute Gasteiger partial charge is 0.356 e. The van der Waals surface area contributed by atoms with Crippen LogP contribution in [0.25, 0.3) is 0 Å². The minimum atomic E-state index is -1.00. The number of nitrogens with one attached hydrogen (secondary N) is 2. The van der Waals surface area contributed by atoms with Gasteiger partial charge in [-0.25, -0.2) is 9.79 Å². The molecular formula is C27H33N5O2. The van der Waals surface area contributed by atoms with Crippen molar-refractivity contribution in [2.75, 3.05) is 30.4 Å². The summed E-state index contributed by atoms with van der Waals surface area (Å²) in [6.07, 6.45) is 4.38. The molecule has 2 aromatic carbocycles. The normalized spacial score (nSPS) is 21.3. The maximum atomic E-state index is 13.3. The van der Waals surface area contributed by atoms with Gasteiger partial charge in [0.1, 0.15) is 5.84 Å². The lowest BCUT2D eigenvalue weighted by Gasteiger charge is -2.38. The van der Waals surface area contributed by atoms with Gasteiger partial charge in [-0.2, -0.15) is 0 Å². The molecule has 34 heavy (non-hydrogen) atoms. The fourth-order valence-electron chi connectivity index (χ4n) is 5.12. The number of fused-ring (bicyclic) bond motifs is 2. The van der Waals surface area contributed by atoms with Gasteiger partial charge in [-0.15, -0.1) is 0 Å². The van der Waals surface area contributed by atoms with E-state index in [4.69, 9.17) is 4.99 Å². The number of likely N-dealkylation sites (tertiary alicyclic amines) is 1. The summed E-state index contributed by atoms with van der Waals surface area (Å²) in [6.45, 7) is 6.31. The molecule has 0 saturated carbocycles. The highest BCUT2D eigenvalue weighted by Gasteiger charge is 2.34. The third-order valence-corrected chi connectivity index (χ3v) is 7.36. The number of benzodiazepines with no additional fused rings is 1. The Morgan fingerprint density at radius 3 is 2.59 bits per heavy atom. The maximum absolute atomic E-state index is 13.3. The molecule has 178 valence electrons. The molecule has 7 heteroatoms. The lowest BCUT2D eigenvalue weighted by molar-refractivity contribution is -0.119. The van der Waals surface area contributed by atoms with Crippen LogP contribution in [0.1, 0.15) is 49.8 Å². The topological polar surface area (TPSA) is 77.0 Å². The number of likely N-dealkylation sites (N-methyl/N-ethyl adjacent to an activating group) is 1. The van der Waals surface area contributed by atoms with Crippen molar-refractivity contribution in [2.24, 2.45) is 10.4 Å². The zero-order chi connectivity index (χ0) is 23.9. The third-order valence-electron chi connectivity index (χ3n) is 7.36. The summed E-state index contributed by atoms with van der Waals surface area (Å²) in [5.74, 6) is 0.510. The Morgan fingerprint density at radius 2 is 1.79 bits per heavy atom. The molecule has 0 radical (unpaired) electrons. The fourth-order valence-corrected chi connectivity index (χ4v) is 5.12. The predicted molar refractivity (Wildman–Crippen MR) is 135 cm³/mol. The highest BCUT2D eigenvalue weighted by atomic mass is 16.2. The van der Waals surface area contributed by atoms with Crippen molar-refractivity contribution in [1.82, 2.24) is 10.2 Å². The van der Waals surface area contributed by atoms with Crippen molar-refractivity contribution in [3.8, 4) is 0 Å². The highest BCUT2D eigenvalue weighted by Crippen LogP contribution is 2.33. The van der Waals surface area contributed by atoms with Gasteiger partial charge < -0.3 is 20.4 Å². The number of para-hydroxylation sites is 1. The second kappa shape index (κ2) is 8.78. The Labute approximate surface area is 201 Å². The summed E-state index contributed by atoms with van der Waals surface area (Å²) < 4.78 is 0. The van der Waals surface area contributed by atoms with Crippen LogP contribution in [0.15, 0.2) is 47.5 Å². The molecule has 1 atom stereocenters. The molecular weight excluding hydrogens is 426 g/mol. The molecule has 2 heterocycles. The van der Waals surface area contributed by atoms with E-state index in [1.165, 1.54) is 11.1 Å². The van der Waals surface area contributed by atoms with E-state index in [9.17, 15) is 9.59 Å². The molecule has 0 spiro atoms. The van der Waals surface area contributed by atoms with Gasteiger partial charge >= 0.3 is 6.03 Å². The fraction of sp³-hybridized carbons (Fsp3) is 0.444. The van der Waals surface area contributed by atoms with Gasteiger partial charge in [0, 0.05) is 31.4 Å². The summed E-state index contributed by atoms with van der Waals surface area (Å²) in [5.41, 5.74) is 5.38. The van der Waals surface area contributed by atoms with Crippen LogP contribution in [0.2, 0.25) is 0 Å². The number of benzene rings is 2.